The molecule has 0 unspecified atom stereocenters. The second-order valence-electron chi connectivity index (χ2n) is 27.4. The van der Waals surface area contributed by atoms with Crippen LogP contribution in [-0.4, -0.2) is 108 Å². The van der Waals surface area contributed by atoms with Gasteiger partial charge >= 0.3 is 0 Å². The fourth-order valence-electron chi connectivity index (χ4n) is 18.2. The molecule has 15 fully saturated rings. The van der Waals surface area contributed by atoms with Gasteiger partial charge in [0.2, 0.25) is 35.1 Å². The van der Waals surface area contributed by atoms with E-state index in [9.17, 15) is 14.4 Å². The first kappa shape index (κ1) is 54.5. The van der Waals surface area contributed by atoms with Gasteiger partial charge in [-0.2, -0.15) is 0 Å². The van der Waals surface area contributed by atoms with Gasteiger partial charge < -0.3 is 44.4 Å². The second kappa shape index (κ2) is 19.8. The Hall–Kier alpha value is -2.07. The molecule has 3 aliphatic carbocycles. The van der Waals surface area contributed by atoms with Crippen LogP contribution >= 0.6 is 0 Å². The van der Waals surface area contributed by atoms with Crippen LogP contribution in [0.2, 0.25) is 0 Å². The van der Waals surface area contributed by atoms with E-state index in [0.717, 1.165) is 77.0 Å². The number of rotatable bonds is 14. The summed E-state index contributed by atoms with van der Waals surface area (Å²) in [6.07, 6.45) is 10.7. The van der Waals surface area contributed by atoms with Crippen LogP contribution in [0.4, 0.5) is 0 Å². The SMILES string of the molecule is C[C@H]1[C@@H](CCNC(=O)[C@H](CCC(=O)NCC[C@H]2O[C@@H]3O[C@]4(C)CC[C@H]5[C@H](C)CC[C@@](C)([C@H]2C)[C@@]35OO4)NC(=O)CC[C@H]2O[C@@H]3O[C@]4(C)CC[C@H]5[C@H](C)CC[C@@H]([C@H]2C)[C@@]35OO4)O[C@@H]2O[C@]3(C)CC[C@H]4[C@H](C)CC[C@@H]1[C@@]24OO3. The predicted molar refractivity (Wildman–Crippen MR) is 271 cm³/mol. The second-order valence-corrected chi connectivity index (χ2v) is 27.4. The van der Waals surface area contributed by atoms with Crippen molar-refractivity contribution in [1.82, 2.24) is 16.0 Å². The van der Waals surface area contributed by atoms with Gasteiger partial charge in [-0.05, 0) is 158 Å². The Labute approximate surface area is 450 Å². The van der Waals surface area contributed by atoms with Gasteiger partial charge in [0.1, 0.15) is 6.04 Å². The molecule has 0 aromatic heterocycles. The van der Waals surface area contributed by atoms with Gasteiger partial charge in [0.15, 0.2) is 35.7 Å². The summed E-state index contributed by atoms with van der Waals surface area (Å²) in [5.41, 5.74) is -2.33. The van der Waals surface area contributed by atoms with E-state index in [0.29, 0.717) is 50.1 Å². The Balaban J connectivity index is 0.693. The maximum Gasteiger partial charge on any atom is 0.242 e. The summed E-state index contributed by atoms with van der Waals surface area (Å²) in [4.78, 5) is 79.6. The van der Waals surface area contributed by atoms with Crippen molar-refractivity contribution in [2.45, 2.75) is 262 Å². The zero-order valence-corrected chi connectivity index (χ0v) is 47.2. The van der Waals surface area contributed by atoms with Gasteiger partial charge in [0, 0.05) is 62.4 Å². The van der Waals surface area contributed by atoms with Crippen molar-refractivity contribution in [3.8, 4) is 0 Å². The van der Waals surface area contributed by atoms with E-state index in [-0.39, 0.29) is 108 Å². The molecule has 3 saturated carbocycles. The van der Waals surface area contributed by atoms with Crippen LogP contribution in [0.1, 0.15) is 185 Å². The molecule has 0 radical (unpaired) electrons. The summed E-state index contributed by atoms with van der Waals surface area (Å²) < 4.78 is 40.3. The molecule has 428 valence electrons. The third kappa shape index (κ3) is 8.62. The lowest BCUT2D eigenvalue weighted by molar-refractivity contribution is -0.581. The zero-order chi connectivity index (χ0) is 53.4. The Bertz CT molecular complexity index is 2210. The highest BCUT2D eigenvalue weighted by Gasteiger charge is 2.75. The highest BCUT2D eigenvalue weighted by molar-refractivity contribution is 5.88. The molecule has 15 aliphatic rings. The predicted octanol–water partition coefficient (Wildman–Crippen LogP) is 8.19. The molecule has 3 spiro atoms. The Morgan fingerprint density at radius 3 is 1.59 bits per heavy atom. The minimum absolute atomic E-state index is 0.0348. The van der Waals surface area contributed by atoms with Crippen LogP contribution < -0.4 is 16.0 Å². The van der Waals surface area contributed by atoms with Gasteiger partial charge in [-0.15, -0.1) is 0 Å². The first-order valence-corrected chi connectivity index (χ1v) is 30.1. The van der Waals surface area contributed by atoms with E-state index in [1.54, 1.807) is 0 Å². The molecule has 3 N–H and O–H groups in total. The Morgan fingerprint density at radius 1 is 0.487 bits per heavy atom. The van der Waals surface area contributed by atoms with Crippen LogP contribution in [-0.2, 0) is 72.1 Å². The van der Waals surface area contributed by atoms with Gasteiger partial charge in [0.05, 0.1) is 18.3 Å². The fourth-order valence-corrected chi connectivity index (χ4v) is 18.2. The number of carbonyl (C=O) groups excluding carboxylic acids is 3. The van der Waals surface area contributed by atoms with Gasteiger partial charge in [-0.1, -0.05) is 48.5 Å². The smallest absolute Gasteiger partial charge is 0.242 e. The summed E-state index contributed by atoms with van der Waals surface area (Å²) in [6, 6.07) is -0.955. The molecule has 12 aliphatic heterocycles. The minimum Gasteiger partial charge on any atom is -0.356 e. The topological polar surface area (TPSA) is 198 Å². The quantitative estimate of drug-likeness (QED) is 0.141. The lowest BCUT2D eigenvalue weighted by atomic mass is 9.49. The van der Waals surface area contributed by atoms with E-state index in [4.69, 9.17) is 57.7 Å². The monoisotopic (exact) mass is 1070 g/mol. The van der Waals surface area contributed by atoms with Crippen LogP contribution in [0.3, 0.4) is 0 Å². The molecule has 25 atom stereocenters. The number of hydrogen-bond acceptors (Lipinski definition) is 15. The van der Waals surface area contributed by atoms with Gasteiger partial charge in [0.25, 0.3) is 0 Å². The zero-order valence-electron chi connectivity index (χ0n) is 47.2. The van der Waals surface area contributed by atoms with Crippen LogP contribution in [0.5, 0.6) is 0 Å². The number of nitrogens with one attached hydrogen (secondary N) is 3. The minimum atomic E-state index is -0.955. The van der Waals surface area contributed by atoms with Crippen molar-refractivity contribution in [2.24, 2.45) is 70.5 Å². The van der Waals surface area contributed by atoms with Crippen LogP contribution in [0.25, 0.3) is 0 Å². The molecule has 12 heterocycles. The Kier molecular flexibility index (Phi) is 14.2. The summed E-state index contributed by atoms with van der Waals surface area (Å²) >= 11 is 0. The van der Waals surface area contributed by atoms with Crippen molar-refractivity contribution >= 4 is 17.7 Å². The van der Waals surface area contributed by atoms with Gasteiger partial charge in [-0.25, -0.2) is 29.3 Å². The van der Waals surface area contributed by atoms with Crippen molar-refractivity contribution < 1.29 is 72.1 Å². The fraction of sp³-hybridized carbons (Fsp3) is 0.948. The molecule has 3 amide bonds. The number of ether oxygens (including phenoxy) is 6. The third-order valence-electron chi connectivity index (χ3n) is 23.1. The van der Waals surface area contributed by atoms with E-state index < -0.39 is 59.1 Å². The average Bonchev–Trinajstić information content (AvgIpc) is 4.08. The number of hydrogen-bond donors (Lipinski definition) is 3. The summed E-state index contributed by atoms with van der Waals surface area (Å²) in [6.45, 7) is 22.4. The first-order valence-electron chi connectivity index (χ1n) is 30.1. The van der Waals surface area contributed by atoms with Crippen molar-refractivity contribution in [2.75, 3.05) is 13.1 Å². The Morgan fingerprint density at radius 2 is 0.987 bits per heavy atom. The molecule has 6 bridgehead atoms. The van der Waals surface area contributed by atoms with Crippen molar-refractivity contribution in [1.29, 1.82) is 0 Å². The van der Waals surface area contributed by atoms with E-state index in [2.05, 4.69) is 64.4 Å². The molecular formula is C58H91N3O15. The lowest BCUT2D eigenvalue weighted by Gasteiger charge is -2.65. The number of carbonyl (C=O) groups is 3. The molecule has 15 rings (SSSR count). The summed E-state index contributed by atoms with van der Waals surface area (Å²) in [7, 11) is 0. The third-order valence-corrected chi connectivity index (χ3v) is 23.1. The van der Waals surface area contributed by atoms with Crippen molar-refractivity contribution in [3.05, 3.63) is 0 Å². The molecule has 0 aromatic carbocycles. The maximum absolute atomic E-state index is 14.4. The number of amides is 3. The molecule has 12 saturated heterocycles. The van der Waals surface area contributed by atoms with E-state index in [1.165, 1.54) is 0 Å². The molecule has 18 heteroatoms. The van der Waals surface area contributed by atoms with E-state index >= 15 is 0 Å². The van der Waals surface area contributed by atoms with Crippen molar-refractivity contribution in [3.63, 3.8) is 0 Å². The average molecular weight is 1070 g/mol. The standard InChI is InChI=1S/C58H91N3O15/c1-31-11-13-40-34(4)43(65-49-56(40)37(31)20-26-53(8,68-49)71-74-56)16-18-47(63)61-42(48(64)60-30-23-44-35(5)41-14-12-32(2)38-21-27-54(9)69-50(66-44)57(38,41)75-72-54)15-17-46(62)59-29-24-45-36(6)52(7)25-19-33(3)39-22-28-55(10)70-51(67-45)58(39,52)76-73-55/h31-45,49-51H,11-30H2,1-10H3,(H,59,62)(H,60,64)(H,61,63)/t31-,32-,33-,34-,35-,36+,37+,38+,39+,40+,41+,42+,43-,44-,45-,49-,50-,51-,52+,53+,54+,55+,56-,57-,58+/m1/s1. The summed E-state index contributed by atoms with van der Waals surface area (Å²) in [5.74, 6) is -0.767. The van der Waals surface area contributed by atoms with E-state index in [1.807, 2.05) is 20.8 Å². The molecule has 18 nitrogen and oxygen atoms in total. The largest absolute Gasteiger partial charge is 0.356 e. The molecular weight excluding hydrogens is 979 g/mol. The number of fused-ring (bicyclic) bond motifs is 6. The maximum atomic E-state index is 14.4. The lowest BCUT2D eigenvalue weighted by Crippen LogP contribution is -2.74. The van der Waals surface area contributed by atoms with Crippen LogP contribution in [0.15, 0.2) is 0 Å². The van der Waals surface area contributed by atoms with Crippen LogP contribution in [0, 0.1) is 70.5 Å². The summed E-state index contributed by atoms with van der Waals surface area (Å²) in [5, 5.41) is 9.33. The normalized spacial score (nSPS) is 52.9. The van der Waals surface area contributed by atoms with Gasteiger partial charge in [-0.3, -0.25) is 14.4 Å². The molecule has 0 aromatic rings. The highest BCUT2D eigenvalue weighted by Crippen LogP contribution is 2.67. The highest BCUT2D eigenvalue weighted by atomic mass is 17.3. The first-order chi connectivity index (χ1) is 36.2. The molecule has 76 heavy (non-hydrogen) atoms.